The van der Waals surface area contributed by atoms with E-state index in [1.54, 1.807) is 61.0 Å². The van der Waals surface area contributed by atoms with Gasteiger partial charge in [-0.1, -0.05) is 65.7 Å². The van der Waals surface area contributed by atoms with Crippen LogP contribution in [0.2, 0.25) is 10.0 Å². The van der Waals surface area contributed by atoms with Crippen molar-refractivity contribution in [2.75, 3.05) is 6.26 Å². The Morgan fingerprint density at radius 1 is 0.879 bits per heavy atom. The minimum absolute atomic E-state index is 0.266. The maximum atomic E-state index is 11.9. The third-order valence-corrected chi connectivity index (χ3v) is 6.97. The number of aliphatic hydroxyl groups is 1. The number of halogens is 2. The predicted molar refractivity (Wildman–Crippen MR) is 133 cm³/mol. The predicted octanol–water partition coefficient (Wildman–Crippen LogP) is 6.14. The summed E-state index contributed by atoms with van der Waals surface area (Å²) >= 11 is 12.9. The number of rotatable bonds is 5. The first-order valence-corrected chi connectivity index (χ1v) is 12.8. The standard InChI is InChI=1S/C25H22Cl2N2O3S/c1-25(2,30)22-15-29(23-20(26)8-5-9-21(23)27)24(28-22)17-12-10-16(11-13-17)18-6-4-7-19(14-18)33(3,31)32/h4-15,30H,1-3H3. The highest BCUT2D eigenvalue weighted by Gasteiger charge is 2.24. The molecule has 1 aromatic heterocycles. The molecule has 0 saturated carbocycles. The maximum Gasteiger partial charge on any atom is 0.175 e. The summed E-state index contributed by atoms with van der Waals surface area (Å²) in [5.41, 5.74) is 2.31. The normalized spacial score (nSPS) is 12.2. The lowest BCUT2D eigenvalue weighted by Crippen LogP contribution is -2.15. The zero-order chi connectivity index (χ0) is 24.0. The van der Waals surface area contributed by atoms with Crippen molar-refractivity contribution in [2.45, 2.75) is 24.3 Å². The van der Waals surface area contributed by atoms with Gasteiger partial charge in [0.2, 0.25) is 0 Å². The molecular weight excluding hydrogens is 479 g/mol. The SMILES string of the molecule is CC(C)(O)c1cn(-c2c(Cl)cccc2Cl)c(-c2ccc(-c3cccc(S(C)(=O)=O)c3)cc2)n1. The van der Waals surface area contributed by atoms with Crippen LogP contribution in [0.15, 0.2) is 77.8 Å². The zero-order valence-corrected chi connectivity index (χ0v) is 20.6. The van der Waals surface area contributed by atoms with Crippen molar-refractivity contribution in [1.82, 2.24) is 9.55 Å². The van der Waals surface area contributed by atoms with Crippen LogP contribution in [0, 0.1) is 0 Å². The number of hydrogen-bond donors (Lipinski definition) is 1. The highest BCUT2D eigenvalue weighted by Crippen LogP contribution is 2.35. The number of aromatic nitrogens is 2. The number of para-hydroxylation sites is 1. The Morgan fingerprint density at radius 2 is 1.45 bits per heavy atom. The van der Waals surface area contributed by atoms with Crippen molar-refractivity contribution in [3.8, 4) is 28.2 Å². The Hall–Kier alpha value is -2.64. The topological polar surface area (TPSA) is 72.2 Å². The molecule has 8 heteroatoms. The lowest BCUT2D eigenvalue weighted by molar-refractivity contribution is 0.0743. The molecule has 0 saturated heterocycles. The Bertz CT molecular complexity index is 1420. The van der Waals surface area contributed by atoms with Gasteiger partial charge in [0, 0.05) is 18.0 Å². The Balaban J connectivity index is 1.83. The van der Waals surface area contributed by atoms with Crippen LogP contribution in [0.4, 0.5) is 0 Å². The van der Waals surface area contributed by atoms with E-state index in [-0.39, 0.29) is 4.90 Å². The smallest absolute Gasteiger partial charge is 0.175 e. The monoisotopic (exact) mass is 500 g/mol. The fraction of sp³-hybridized carbons (Fsp3) is 0.160. The van der Waals surface area contributed by atoms with E-state index in [4.69, 9.17) is 23.2 Å². The number of benzene rings is 3. The number of nitrogens with zero attached hydrogens (tertiary/aromatic N) is 2. The third kappa shape index (κ3) is 4.84. The summed E-state index contributed by atoms with van der Waals surface area (Å²) in [4.78, 5) is 4.94. The minimum atomic E-state index is -3.30. The summed E-state index contributed by atoms with van der Waals surface area (Å²) < 4.78 is 25.6. The summed E-state index contributed by atoms with van der Waals surface area (Å²) in [7, 11) is -3.30. The second kappa shape index (κ2) is 8.61. The summed E-state index contributed by atoms with van der Waals surface area (Å²) in [6.45, 7) is 3.32. The van der Waals surface area contributed by atoms with Crippen LogP contribution in [0.25, 0.3) is 28.2 Å². The highest BCUT2D eigenvalue weighted by molar-refractivity contribution is 7.90. The molecule has 0 aliphatic rings. The summed E-state index contributed by atoms with van der Waals surface area (Å²) in [5.74, 6) is 0.568. The van der Waals surface area contributed by atoms with Crippen molar-refractivity contribution in [2.24, 2.45) is 0 Å². The molecule has 1 N–H and O–H groups in total. The lowest BCUT2D eigenvalue weighted by atomic mass is 10.0. The first kappa shape index (κ1) is 23.5. The van der Waals surface area contributed by atoms with Gasteiger partial charge in [0.1, 0.15) is 11.4 Å². The molecule has 0 unspecified atom stereocenters. The first-order valence-electron chi connectivity index (χ1n) is 10.1. The second-order valence-corrected chi connectivity index (χ2v) is 11.2. The van der Waals surface area contributed by atoms with E-state index in [9.17, 15) is 13.5 Å². The molecule has 0 radical (unpaired) electrons. The van der Waals surface area contributed by atoms with E-state index in [0.29, 0.717) is 27.3 Å². The number of hydrogen-bond acceptors (Lipinski definition) is 4. The Labute approximate surface area is 203 Å². The van der Waals surface area contributed by atoms with Gasteiger partial charge in [0.05, 0.1) is 26.3 Å². The third-order valence-electron chi connectivity index (χ3n) is 5.25. The van der Waals surface area contributed by atoms with E-state index in [1.165, 1.54) is 6.26 Å². The largest absolute Gasteiger partial charge is 0.384 e. The second-order valence-electron chi connectivity index (χ2n) is 8.33. The van der Waals surface area contributed by atoms with Crippen LogP contribution >= 0.6 is 23.2 Å². The van der Waals surface area contributed by atoms with E-state index in [1.807, 2.05) is 30.3 Å². The van der Waals surface area contributed by atoms with Crippen LogP contribution in [-0.2, 0) is 15.4 Å². The van der Waals surface area contributed by atoms with Gasteiger partial charge in [0.25, 0.3) is 0 Å². The van der Waals surface area contributed by atoms with Crippen LogP contribution < -0.4 is 0 Å². The molecule has 0 aliphatic carbocycles. The molecule has 0 atom stereocenters. The molecule has 170 valence electrons. The van der Waals surface area contributed by atoms with Crippen LogP contribution in [0.5, 0.6) is 0 Å². The molecule has 5 nitrogen and oxygen atoms in total. The maximum absolute atomic E-state index is 11.9. The van der Waals surface area contributed by atoms with Crippen molar-refractivity contribution in [3.63, 3.8) is 0 Å². The summed E-state index contributed by atoms with van der Waals surface area (Å²) in [6.07, 6.45) is 2.92. The molecular formula is C25H22Cl2N2O3S. The zero-order valence-electron chi connectivity index (χ0n) is 18.3. The summed E-state index contributed by atoms with van der Waals surface area (Å²) in [6, 6.07) is 19.6. The van der Waals surface area contributed by atoms with Crippen molar-refractivity contribution >= 4 is 33.0 Å². The number of sulfone groups is 1. The van der Waals surface area contributed by atoms with Gasteiger partial charge >= 0.3 is 0 Å². The molecule has 4 rings (SSSR count). The van der Waals surface area contributed by atoms with Crippen LogP contribution in [0.3, 0.4) is 0 Å². The van der Waals surface area contributed by atoms with Gasteiger partial charge in [-0.25, -0.2) is 13.4 Å². The van der Waals surface area contributed by atoms with Gasteiger partial charge in [-0.05, 0) is 49.2 Å². The molecule has 33 heavy (non-hydrogen) atoms. The van der Waals surface area contributed by atoms with Gasteiger partial charge in [-0.15, -0.1) is 0 Å². The lowest BCUT2D eigenvalue weighted by Gasteiger charge is -2.13. The average molecular weight is 501 g/mol. The molecule has 3 aromatic carbocycles. The van der Waals surface area contributed by atoms with Gasteiger partial charge in [-0.2, -0.15) is 0 Å². The van der Waals surface area contributed by atoms with Gasteiger partial charge in [-0.3, -0.25) is 4.57 Å². The van der Waals surface area contributed by atoms with E-state index < -0.39 is 15.4 Å². The van der Waals surface area contributed by atoms with Gasteiger partial charge in [0.15, 0.2) is 9.84 Å². The fourth-order valence-electron chi connectivity index (χ4n) is 3.49. The molecule has 0 bridgehead atoms. The van der Waals surface area contributed by atoms with Gasteiger partial charge < -0.3 is 5.11 Å². The van der Waals surface area contributed by atoms with Crippen molar-refractivity contribution in [1.29, 1.82) is 0 Å². The molecule has 0 amide bonds. The average Bonchev–Trinajstić information content (AvgIpc) is 3.19. The molecule has 0 aliphatic heterocycles. The Kier molecular flexibility index (Phi) is 6.14. The minimum Gasteiger partial charge on any atom is -0.384 e. The van der Waals surface area contributed by atoms with Crippen molar-refractivity contribution < 1.29 is 13.5 Å². The van der Waals surface area contributed by atoms with E-state index in [0.717, 1.165) is 16.7 Å². The molecule has 0 fully saturated rings. The van der Waals surface area contributed by atoms with Crippen LogP contribution in [-0.4, -0.2) is 29.3 Å². The highest BCUT2D eigenvalue weighted by atomic mass is 35.5. The van der Waals surface area contributed by atoms with Crippen LogP contribution in [0.1, 0.15) is 19.5 Å². The first-order chi connectivity index (χ1) is 15.4. The van der Waals surface area contributed by atoms with E-state index in [2.05, 4.69) is 4.98 Å². The summed E-state index contributed by atoms with van der Waals surface area (Å²) in [5, 5.41) is 11.5. The fourth-order valence-corrected chi connectivity index (χ4v) is 4.73. The van der Waals surface area contributed by atoms with Crippen molar-refractivity contribution in [3.05, 3.63) is 88.7 Å². The molecule has 4 aromatic rings. The Morgan fingerprint density at radius 3 is 2.03 bits per heavy atom. The molecule has 0 spiro atoms. The van der Waals surface area contributed by atoms with E-state index >= 15 is 0 Å². The number of imidazole rings is 1. The quantitative estimate of drug-likeness (QED) is 0.356. The molecule has 1 heterocycles.